The van der Waals surface area contributed by atoms with Gasteiger partial charge in [-0.1, -0.05) is 34.1 Å². The van der Waals surface area contributed by atoms with E-state index >= 15 is 0 Å². The van der Waals surface area contributed by atoms with Gasteiger partial charge in [0.2, 0.25) is 5.89 Å². The highest BCUT2D eigenvalue weighted by atomic mass is 79.9. The molecule has 4 aromatic rings. The smallest absolute Gasteiger partial charge is 0.255 e. The summed E-state index contributed by atoms with van der Waals surface area (Å²) in [5, 5.41) is 2.88. The van der Waals surface area contributed by atoms with Gasteiger partial charge in [0, 0.05) is 21.3 Å². The molecule has 0 radical (unpaired) electrons. The number of amides is 1. The minimum atomic E-state index is -0.168. The van der Waals surface area contributed by atoms with Crippen LogP contribution in [0.25, 0.3) is 22.6 Å². The SMILES string of the molecule is O=C(Nc1ccc2oc(-c3ccccc3)nc2c1)c1ccc(Br)cc1. The first-order chi connectivity index (χ1) is 12.2. The molecule has 1 N–H and O–H groups in total. The van der Waals surface area contributed by atoms with Gasteiger partial charge in [-0.05, 0) is 54.6 Å². The molecule has 1 heterocycles. The quantitative estimate of drug-likeness (QED) is 0.499. The Labute approximate surface area is 152 Å². The van der Waals surface area contributed by atoms with Crippen LogP contribution in [0.1, 0.15) is 10.4 Å². The van der Waals surface area contributed by atoms with Gasteiger partial charge < -0.3 is 9.73 Å². The molecule has 0 saturated carbocycles. The lowest BCUT2D eigenvalue weighted by molar-refractivity contribution is 0.102. The van der Waals surface area contributed by atoms with Crippen LogP contribution in [0.15, 0.2) is 81.7 Å². The number of rotatable bonds is 3. The van der Waals surface area contributed by atoms with Crippen molar-refractivity contribution in [3.05, 3.63) is 82.8 Å². The van der Waals surface area contributed by atoms with Gasteiger partial charge in [0.25, 0.3) is 5.91 Å². The first kappa shape index (κ1) is 15.6. The largest absolute Gasteiger partial charge is 0.436 e. The summed E-state index contributed by atoms with van der Waals surface area (Å²) < 4.78 is 6.71. The summed E-state index contributed by atoms with van der Waals surface area (Å²) in [5.74, 6) is 0.394. The van der Waals surface area contributed by atoms with Gasteiger partial charge in [0.15, 0.2) is 5.58 Å². The lowest BCUT2D eigenvalue weighted by Gasteiger charge is -2.05. The van der Waals surface area contributed by atoms with Crippen LogP contribution in [0, 0.1) is 0 Å². The monoisotopic (exact) mass is 392 g/mol. The van der Waals surface area contributed by atoms with Crippen molar-refractivity contribution in [3.8, 4) is 11.5 Å². The predicted molar refractivity (Wildman–Crippen MR) is 102 cm³/mol. The summed E-state index contributed by atoms with van der Waals surface area (Å²) in [4.78, 5) is 16.8. The Morgan fingerprint density at radius 2 is 1.72 bits per heavy atom. The number of aromatic nitrogens is 1. The number of benzene rings is 3. The number of carbonyl (C=O) groups excluding carboxylic acids is 1. The summed E-state index contributed by atoms with van der Waals surface area (Å²) >= 11 is 3.36. The number of anilines is 1. The molecule has 1 amide bonds. The first-order valence-electron chi connectivity index (χ1n) is 7.72. The van der Waals surface area contributed by atoms with Crippen LogP contribution in [-0.2, 0) is 0 Å². The molecule has 0 aliphatic heterocycles. The van der Waals surface area contributed by atoms with Crippen LogP contribution in [0.2, 0.25) is 0 Å². The van der Waals surface area contributed by atoms with Crippen LogP contribution in [0.5, 0.6) is 0 Å². The fraction of sp³-hybridized carbons (Fsp3) is 0. The van der Waals surface area contributed by atoms with Crippen molar-refractivity contribution >= 4 is 38.6 Å². The van der Waals surface area contributed by atoms with E-state index in [1.165, 1.54) is 0 Å². The lowest BCUT2D eigenvalue weighted by atomic mass is 10.2. The number of hydrogen-bond acceptors (Lipinski definition) is 3. The average molecular weight is 393 g/mol. The van der Waals surface area contributed by atoms with E-state index in [4.69, 9.17) is 4.42 Å². The number of halogens is 1. The van der Waals surface area contributed by atoms with E-state index in [0.717, 1.165) is 10.0 Å². The molecule has 25 heavy (non-hydrogen) atoms. The van der Waals surface area contributed by atoms with Crippen molar-refractivity contribution in [1.82, 2.24) is 4.98 Å². The number of nitrogens with zero attached hydrogens (tertiary/aromatic N) is 1. The molecule has 0 unspecified atom stereocenters. The zero-order valence-corrected chi connectivity index (χ0v) is 14.7. The maximum atomic E-state index is 12.3. The molecule has 4 rings (SSSR count). The van der Waals surface area contributed by atoms with Crippen LogP contribution in [-0.4, -0.2) is 10.9 Å². The average Bonchev–Trinajstić information content (AvgIpc) is 3.06. The molecule has 5 heteroatoms. The molecule has 0 aliphatic carbocycles. The van der Waals surface area contributed by atoms with Crippen LogP contribution in [0.4, 0.5) is 5.69 Å². The van der Waals surface area contributed by atoms with Gasteiger partial charge in [-0.2, -0.15) is 0 Å². The van der Waals surface area contributed by atoms with Gasteiger partial charge in [0.1, 0.15) is 5.52 Å². The molecule has 0 aliphatic rings. The molecule has 1 aromatic heterocycles. The third kappa shape index (κ3) is 3.32. The van der Waals surface area contributed by atoms with E-state index in [-0.39, 0.29) is 5.91 Å². The molecule has 0 spiro atoms. The van der Waals surface area contributed by atoms with Crippen LogP contribution >= 0.6 is 15.9 Å². The van der Waals surface area contributed by atoms with Gasteiger partial charge >= 0.3 is 0 Å². The van der Waals surface area contributed by atoms with E-state index in [1.807, 2.05) is 54.6 Å². The predicted octanol–water partition coefficient (Wildman–Crippen LogP) is 5.51. The summed E-state index contributed by atoms with van der Waals surface area (Å²) in [6, 6.07) is 22.3. The van der Waals surface area contributed by atoms with E-state index in [1.54, 1.807) is 18.2 Å². The van der Waals surface area contributed by atoms with Crippen LogP contribution in [0.3, 0.4) is 0 Å². The molecular formula is C20H13BrN2O2. The Morgan fingerprint density at radius 1 is 0.960 bits per heavy atom. The van der Waals surface area contributed by atoms with Gasteiger partial charge in [0.05, 0.1) is 0 Å². The first-order valence-corrected chi connectivity index (χ1v) is 8.51. The van der Waals surface area contributed by atoms with Gasteiger partial charge in [-0.15, -0.1) is 0 Å². The zero-order chi connectivity index (χ0) is 17.2. The summed E-state index contributed by atoms with van der Waals surface area (Å²) in [5.41, 5.74) is 3.56. The second-order valence-electron chi connectivity index (χ2n) is 5.53. The highest BCUT2D eigenvalue weighted by Gasteiger charge is 2.10. The van der Waals surface area contributed by atoms with E-state index in [2.05, 4.69) is 26.2 Å². The van der Waals surface area contributed by atoms with E-state index in [0.29, 0.717) is 28.2 Å². The summed E-state index contributed by atoms with van der Waals surface area (Å²) in [6.07, 6.45) is 0. The van der Waals surface area contributed by atoms with E-state index in [9.17, 15) is 4.79 Å². The highest BCUT2D eigenvalue weighted by Crippen LogP contribution is 2.26. The fourth-order valence-electron chi connectivity index (χ4n) is 2.51. The second kappa shape index (κ2) is 6.53. The minimum Gasteiger partial charge on any atom is -0.436 e. The Kier molecular flexibility index (Phi) is 4.07. The minimum absolute atomic E-state index is 0.168. The normalized spacial score (nSPS) is 10.8. The number of nitrogens with one attached hydrogen (secondary N) is 1. The molecule has 4 nitrogen and oxygen atoms in total. The van der Waals surface area contributed by atoms with Crippen molar-refractivity contribution in [2.24, 2.45) is 0 Å². The number of carbonyl (C=O) groups is 1. The molecular weight excluding hydrogens is 380 g/mol. The fourth-order valence-corrected chi connectivity index (χ4v) is 2.78. The molecule has 0 atom stereocenters. The third-order valence-corrected chi connectivity index (χ3v) is 4.30. The highest BCUT2D eigenvalue weighted by molar-refractivity contribution is 9.10. The third-order valence-electron chi connectivity index (χ3n) is 3.77. The topological polar surface area (TPSA) is 55.1 Å². The number of hydrogen-bond donors (Lipinski definition) is 1. The van der Waals surface area contributed by atoms with Crippen molar-refractivity contribution in [2.45, 2.75) is 0 Å². The number of fused-ring (bicyclic) bond motifs is 1. The second-order valence-corrected chi connectivity index (χ2v) is 6.44. The molecule has 3 aromatic carbocycles. The maximum Gasteiger partial charge on any atom is 0.255 e. The molecule has 0 bridgehead atoms. The van der Waals surface area contributed by atoms with Crippen molar-refractivity contribution in [3.63, 3.8) is 0 Å². The Hall–Kier alpha value is -2.92. The summed E-state index contributed by atoms with van der Waals surface area (Å²) in [6.45, 7) is 0. The number of oxazole rings is 1. The molecule has 0 saturated heterocycles. The van der Waals surface area contributed by atoms with Crippen molar-refractivity contribution in [2.75, 3.05) is 5.32 Å². The van der Waals surface area contributed by atoms with Crippen molar-refractivity contribution < 1.29 is 9.21 Å². The van der Waals surface area contributed by atoms with E-state index < -0.39 is 0 Å². The Bertz CT molecular complexity index is 1040. The van der Waals surface area contributed by atoms with Gasteiger partial charge in [-0.25, -0.2) is 4.98 Å². The lowest BCUT2D eigenvalue weighted by Crippen LogP contribution is -2.11. The Balaban J connectivity index is 1.61. The standard InChI is InChI=1S/C20H13BrN2O2/c21-15-8-6-13(7-9-15)19(24)22-16-10-11-18-17(12-16)23-20(25-18)14-4-2-1-3-5-14/h1-12H,(H,22,24). The molecule has 122 valence electrons. The van der Waals surface area contributed by atoms with Crippen LogP contribution < -0.4 is 5.32 Å². The van der Waals surface area contributed by atoms with Gasteiger partial charge in [-0.3, -0.25) is 4.79 Å². The Morgan fingerprint density at radius 3 is 2.48 bits per heavy atom. The van der Waals surface area contributed by atoms with Crippen molar-refractivity contribution in [1.29, 1.82) is 0 Å². The maximum absolute atomic E-state index is 12.3. The summed E-state index contributed by atoms with van der Waals surface area (Å²) in [7, 11) is 0. The molecule has 0 fully saturated rings. The zero-order valence-electron chi connectivity index (χ0n) is 13.1.